The summed E-state index contributed by atoms with van der Waals surface area (Å²) in [6.07, 6.45) is 3.43. The van der Waals surface area contributed by atoms with Crippen LogP contribution in [0.4, 0.5) is 8.78 Å². The molecule has 0 spiro atoms. The Kier molecular flexibility index (Phi) is 4.54. The molecule has 27 heavy (non-hydrogen) atoms. The summed E-state index contributed by atoms with van der Waals surface area (Å²) in [5.41, 5.74) is 2.66. The normalized spacial score (nSPS) is 13.5. The summed E-state index contributed by atoms with van der Waals surface area (Å²) in [6, 6.07) is 12.6. The van der Waals surface area contributed by atoms with E-state index in [4.69, 9.17) is 4.74 Å². The Labute approximate surface area is 155 Å². The summed E-state index contributed by atoms with van der Waals surface area (Å²) in [4.78, 5) is 18.3. The van der Waals surface area contributed by atoms with E-state index < -0.39 is 17.5 Å². The Morgan fingerprint density at radius 2 is 1.81 bits per heavy atom. The summed E-state index contributed by atoms with van der Waals surface area (Å²) >= 11 is 0. The fourth-order valence-electron chi connectivity index (χ4n) is 3.12. The predicted octanol–water partition coefficient (Wildman–Crippen LogP) is 4.06. The predicted molar refractivity (Wildman–Crippen MR) is 96.3 cm³/mol. The maximum absolute atomic E-state index is 14.0. The van der Waals surface area contributed by atoms with Crippen molar-refractivity contribution in [1.82, 2.24) is 9.88 Å². The van der Waals surface area contributed by atoms with Gasteiger partial charge in [-0.25, -0.2) is 8.78 Å². The van der Waals surface area contributed by atoms with Gasteiger partial charge in [0.15, 0.2) is 0 Å². The van der Waals surface area contributed by atoms with E-state index in [1.807, 2.05) is 30.3 Å². The number of ether oxygens (including phenoxy) is 1. The SMILES string of the molecule is O=C(c1ccc(F)cc1F)N1CCOc2ccc(-c3ccncc3)cc2C1. The molecule has 1 aliphatic heterocycles. The molecule has 0 aliphatic carbocycles. The monoisotopic (exact) mass is 366 g/mol. The van der Waals surface area contributed by atoms with Crippen molar-refractivity contribution in [2.24, 2.45) is 0 Å². The molecule has 0 bridgehead atoms. The van der Waals surface area contributed by atoms with Crippen LogP contribution in [0.1, 0.15) is 15.9 Å². The lowest BCUT2D eigenvalue weighted by molar-refractivity contribution is 0.0728. The highest BCUT2D eigenvalue weighted by Crippen LogP contribution is 2.29. The molecule has 2 heterocycles. The van der Waals surface area contributed by atoms with E-state index in [-0.39, 0.29) is 12.1 Å². The van der Waals surface area contributed by atoms with Gasteiger partial charge >= 0.3 is 0 Å². The fraction of sp³-hybridized carbons (Fsp3) is 0.143. The van der Waals surface area contributed by atoms with Crippen molar-refractivity contribution in [1.29, 1.82) is 0 Å². The van der Waals surface area contributed by atoms with Crippen LogP contribution >= 0.6 is 0 Å². The molecule has 0 unspecified atom stereocenters. The largest absolute Gasteiger partial charge is 0.491 e. The van der Waals surface area contributed by atoms with Gasteiger partial charge in [0.1, 0.15) is 24.0 Å². The number of carbonyl (C=O) groups is 1. The number of hydrogen-bond donors (Lipinski definition) is 0. The highest BCUT2D eigenvalue weighted by Gasteiger charge is 2.23. The third-order valence-corrected chi connectivity index (χ3v) is 4.50. The van der Waals surface area contributed by atoms with Gasteiger partial charge in [-0.3, -0.25) is 9.78 Å². The molecule has 4 rings (SSSR count). The average Bonchev–Trinajstić information content (AvgIpc) is 2.90. The third kappa shape index (κ3) is 3.51. The summed E-state index contributed by atoms with van der Waals surface area (Å²) in [6.45, 7) is 0.898. The maximum Gasteiger partial charge on any atom is 0.257 e. The minimum atomic E-state index is -0.865. The first-order valence-electron chi connectivity index (χ1n) is 8.52. The molecule has 4 nitrogen and oxygen atoms in total. The van der Waals surface area contributed by atoms with E-state index >= 15 is 0 Å². The zero-order valence-corrected chi connectivity index (χ0v) is 14.4. The summed E-state index contributed by atoms with van der Waals surface area (Å²) in [5.74, 6) is -1.37. The Bertz CT molecular complexity index is 993. The Morgan fingerprint density at radius 1 is 1.00 bits per heavy atom. The zero-order valence-electron chi connectivity index (χ0n) is 14.4. The molecule has 0 saturated carbocycles. The summed E-state index contributed by atoms with van der Waals surface area (Å²) in [5, 5.41) is 0. The standard InChI is InChI=1S/C21H16F2N2O2/c22-17-2-3-18(19(23)12-17)21(26)25-9-10-27-20-4-1-15(11-16(20)13-25)14-5-7-24-8-6-14/h1-8,11-12H,9-10,13H2. The van der Waals surface area contributed by atoms with Gasteiger partial charge in [0.2, 0.25) is 0 Å². The number of benzene rings is 2. The quantitative estimate of drug-likeness (QED) is 0.687. The number of fused-ring (bicyclic) bond motifs is 1. The fourth-order valence-corrected chi connectivity index (χ4v) is 3.12. The highest BCUT2D eigenvalue weighted by atomic mass is 19.1. The third-order valence-electron chi connectivity index (χ3n) is 4.50. The molecule has 0 radical (unpaired) electrons. The minimum absolute atomic E-state index is 0.148. The van der Waals surface area contributed by atoms with Crippen molar-refractivity contribution in [2.75, 3.05) is 13.2 Å². The second-order valence-electron chi connectivity index (χ2n) is 6.26. The molecule has 1 aromatic heterocycles. The zero-order chi connectivity index (χ0) is 18.8. The van der Waals surface area contributed by atoms with Crippen LogP contribution < -0.4 is 4.74 Å². The number of carbonyl (C=O) groups excluding carboxylic acids is 1. The second kappa shape index (κ2) is 7.15. The van der Waals surface area contributed by atoms with Crippen LogP contribution in [0, 0.1) is 11.6 Å². The summed E-state index contributed by atoms with van der Waals surface area (Å²) < 4.78 is 32.9. The van der Waals surface area contributed by atoms with Crippen LogP contribution in [0.2, 0.25) is 0 Å². The Hall–Kier alpha value is -3.28. The van der Waals surface area contributed by atoms with Crippen molar-refractivity contribution < 1.29 is 18.3 Å². The molecular formula is C21H16F2N2O2. The molecule has 2 aromatic carbocycles. The number of pyridine rings is 1. The van der Waals surface area contributed by atoms with Crippen molar-refractivity contribution in [3.63, 3.8) is 0 Å². The van der Waals surface area contributed by atoms with Gasteiger partial charge in [0.25, 0.3) is 5.91 Å². The van der Waals surface area contributed by atoms with Crippen LogP contribution in [0.3, 0.4) is 0 Å². The summed E-state index contributed by atoms with van der Waals surface area (Å²) in [7, 11) is 0. The molecule has 1 aliphatic rings. The molecule has 0 fully saturated rings. The number of amides is 1. The van der Waals surface area contributed by atoms with Gasteiger partial charge in [-0.05, 0) is 47.5 Å². The molecule has 0 N–H and O–H groups in total. The minimum Gasteiger partial charge on any atom is -0.491 e. The van der Waals surface area contributed by atoms with Gasteiger partial charge in [-0.15, -0.1) is 0 Å². The van der Waals surface area contributed by atoms with Gasteiger partial charge in [-0.1, -0.05) is 6.07 Å². The van der Waals surface area contributed by atoms with Crippen molar-refractivity contribution >= 4 is 5.91 Å². The van der Waals surface area contributed by atoms with E-state index in [1.54, 1.807) is 12.4 Å². The van der Waals surface area contributed by atoms with E-state index in [9.17, 15) is 13.6 Å². The lowest BCUT2D eigenvalue weighted by Crippen LogP contribution is -2.33. The lowest BCUT2D eigenvalue weighted by Gasteiger charge is -2.20. The molecule has 0 atom stereocenters. The van der Waals surface area contributed by atoms with Gasteiger partial charge in [0, 0.05) is 30.6 Å². The lowest BCUT2D eigenvalue weighted by atomic mass is 10.0. The number of hydrogen-bond acceptors (Lipinski definition) is 3. The van der Waals surface area contributed by atoms with E-state index in [0.29, 0.717) is 18.9 Å². The molecule has 6 heteroatoms. The smallest absolute Gasteiger partial charge is 0.257 e. The van der Waals surface area contributed by atoms with Crippen LogP contribution in [0.15, 0.2) is 60.9 Å². The topological polar surface area (TPSA) is 42.4 Å². The number of halogens is 2. The first-order valence-corrected chi connectivity index (χ1v) is 8.52. The second-order valence-corrected chi connectivity index (χ2v) is 6.26. The molecule has 3 aromatic rings. The molecular weight excluding hydrogens is 350 g/mol. The van der Waals surface area contributed by atoms with Gasteiger partial charge in [0.05, 0.1) is 12.1 Å². The first kappa shape index (κ1) is 17.1. The average molecular weight is 366 g/mol. The first-order chi connectivity index (χ1) is 13.1. The Balaban J connectivity index is 1.65. The molecule has 0 saturated heterocycles. The van der Waals surface area contributed by atoms with Crippen molar-refractivity contribution in [3.8, 4) is 16.9 Å². The van der Waals surface area contributed by atoms with Crippen LogP contribution in [-0.4, -0.2) is 28.9 Å². The number of rotatable bonds is 2. The number of nitrogens with zero attached hydrogens (tertiary/aromatic N) is 2. The van der Waals surface area contributed by atoms with E-state index in [2.05, 4.69) is 4.98 Å². The van der Waals surface area contributed by atoms with Crippen molar-refractivity contribution in [3.05, 3.63) is 83.7 Å². The van der Waals surface area contributed by atoms with E-state index in [0.717, 1.165) is 28.8 Å². The number of aromatic nitrogens is 1. The Morgan fingerprint density at radius 3 is 2.59 bits per heavy atom. The highest BCUT2D eigenvalue weighted by molar-refractivity contribution is 5.94. The molecule has 1 amide bonds. The molecule has 136 valence electrons. The van der Waals surface area contributed by atoms with Gasteiger partial charge < -0.3 is 9.64 Å². The van der Waals surface area contributed by atoms with Crippen molar-refractivity contribution in [2.45, 2.75) is 6.54 Å². The van der Waals surface area contributed by atoms with Crippen LogP contribution in [0.25, 0.3) is 11.1 Å². The van der Waals surface area contributed by atoms with Crippen LogP contribution in [0.5, 0.6) is 5.75 Å². The van der Waals surface area contributed by atoms with Crippen LogP contribution in [-0.2, 0) is 6.54 Å². The van der Waals surface area contributed by atoms with Gasteiger partial charge in [-0.2, -0.15) is 0 Å². The van der Waals surface area contributed by atoms with E-state index in [1.165, 1.54) is 11.0 Å². The maximum atomic E-state index is 14.0.